The third kappa shape index (κ3) is 2.25. The highest BCUT2D eigenvalue weighted by Crippen LogP contribution is 2.30. The van der Waals surface area contributed by atoms with Gasteiger partial charge in [-0.25, -0.2) is 4.79 Å². The van der Waals surface area contributed by atoms with Gasteiger partial charge in [0.05, 0.1) is 13.0 Å². The lowest BCUT2D eigenvalue weighted by molar-refractivity contribution is -0.158. The Kier molecular flexibility index (Phi) is 2.81. The number of hydrogen-bond acceptors (Lipinski definition) is 3. The highest BCUT2D eigenvalue weighted by atomic mass is 19.3. The van der Waals surface area contributed by atoms with E-state index in [0.717, 1.165) is 11.4 Å². The van der Waals surface area contributed by atoms with Crippen molar-refractivity contribution < 1.29 is 18.3 Å². The molecule has 4 nitrogen and oxygen atoms in total. The SMILES string of the molecule is Cc1ccc(C)n1NCC1CC(F)(F)C(=O)O1. The summed E-state index contributed by atoms with van der Waals surface area (Å²) >= 11 is 0. The van der Waals surface area contributed by atoms with Crippen molar-refractivity contribution in [2.75, 3.05) is 12.0 Å². The standard InChI is InChI=1S/C11H14F2N2O2/c1-7-3-4-8(2)15(7)14-6-9-5-11(12,13)10(16)17-9/h3-4,9,14H,5-6H2,1-2H3. The molecule has 2 heterocycles. The average Bonchev–Trinajstić information content (AvgIpc) is 2.67. The molecule has 0 spiro atoms. The molecule has 0 radical (unpaired) electrons. The average molecular weight is 244 g/mol. The first-order valence-electron chi connectivity index (χ1n) is 5.38. The van der Waals surface area contributed by atoms with Crippen LogP contribution >= 0.6 is 0 Å². The number of carbonyl (C=O) groups is 1. The van der Waals surface area contributed by atoms with Gasteiger partial charge in [0.2, 0.25) is 0 Å². The number of nitrogens with zero attached hydrogens (tertiary/aromatic N) is 1. The van der Waals surface area contributed by atoms with Crippen LogP contribution in [0.15, 0.2) is 12.1 Å². The van der Waals surface area contributed by atoms with Crippen molar-refractivity contribution in [3.8, 4) is 0 Å². The summed E-state index contributed by atoms with van der Waals surface area (Å²) < 4.78 is 32.2. The molecule has 1 aromatic heterocycles. The topological polar surface area (TPSA) is 43.3 Å². The maximum absolute atomic E-state index is 12.9. The summed E-state index contributed by atoms with van der Waals surface area (Å²) in [5, 5.41) is 0. The van der Waals surface area contributed by atoms with Crippen molar-refractivity contribution >= 4 is 5.97 Å². The molecule has 1 atom stereocenters. The van der Waals surface area contributed by atoms with Crippen molar-refractivity contribution in [2.24, 2.45) is 0 Å². The van der Waals surface area contributed by atoms with Gasteiger partial charge in [-0.05, 0) is 26.0 Å². The van der Waals surface area contributed by atoms with Gasteiger partial charge in [-0.15, -0.1) is 0 Å². The van der Waals surface area contributed by atoms with Crippen LogP contribution in [0.25, 0.3) is 0 Å². The van der Waals surface area contributed by atoms with Crippen LogP contribution < -0.4 is 5.43 Å². The lowest BCUT2D eigenvalue weighted by Gasteiger charge is -2.15. The second-order valence-corrected chi connectivity index (χ2v) is 4.25. The zero-order chi connectivity index (χ0) is 12.6. The lowest BCUT2D eigenvalue weighted by Crippen LogP contribution is -2.27. The normalized spacial score (nSPS) is 22.6. The number of hydrogen-bond donors (Lipinski definition) is 1. The number of nitrogens with one attached hydrogen (secondary N) is 1. The first kappa shape index (κ1) is 11.9. The molecule has 1 unspecified atom stereocenters. The lowest BCUT2D eigenvalue weighted by atomic mass is 10.2. The van der Waals surface area contributed by atoms with Crippen molar-refractivity contribution in [1.29, 1.82) is 0 Å². The monoisotopic (exact) mass is 244 g/mol. The molecule has 1 aromatic rings. The molecule has 1 fully saturated rings. The van der Waals surface area contributed by atoms with E-state index in [1.807, 2.05) is 26.0 Å². The zero-order valence-corrected chi connectivity index (χ0v) is 9.67. The Hall–Kier alpha value is -1.59. The summed E-state index contributed by atoms with van der Waals surface area (Å²) in [6, 6.07) is 3.83. The molecule has 6 heteroatoms. The highest BCUT2D eigenvalue weighted by molar-refractivity contribution is 5.79. The van der Waals surface area contributed by atoms with Gasteiger partial charge in [0.25, 0.3) is 0 Å². The van der Waals surface area contributed by atoms with Gasteiger partial charge in [-0.2, -0.15) is 8.78 Å². The number of carbonyl (C=O) groups excluding carboxylic acids is 1. The number of aromatic nitrogens is 1. The van der Waals surface area contributed by atoms with Crippen molar-refractivity contribution in [3.05, 3.63) is 23.5 Å². The van der Waals surface area contributed by atoms with Gasteiger partial charge in [-0.1, -0.05) is 0 Å². The number of rotatable bonds is 3. The van der Waals surface area contributed by atoms with E-state index in [2.05, 4.69) is 10.2 Å². The smallest absolute Gasteiger partial charge is 0.377 e. The molecule has 94 valence electrons. The molecule has 0 aliphatic carbocycles. The van der Waals surface area contributed by atoms with Gasteiger partial charge in [0.15, 0.2) is 0 Å². The molecule has 0 amide bonds. The summed E-state index contributed by atoms with van der Waals surface area (Å²) in [5.74, 6) is -4.77. The predicted molar refractivity (Wildman–Crippen MR) is 57.6 cm³/mol. The Morgan fingerprint density at radius 2 is 2.06 bits per heavy atom. The fourth-order valence-corrected chi connectivity index (χ4v) is 1.87. The van der Waals surface area contributed by atoms with E-state index in [-0.39, 0.29) is 6.54 Å². The fraction of sp³-hybridized carbons (Fsp3) is 0.545. The Bertz CT molecular complexity index is 423. The minimum atomic E-state index is -3.34. The van der Waals surface area contributed by atoms with Gasteiger partial charge < -0.3 is 10.2 Å². The first-order chi connectivity index (χ1) is 7.90. The second-order valence-electron chi connectivity index (χ2n) is 4.25. The molecular weight excluding hydrogens is 230 g/mol. The molecule has 2 rings (SSSR count). The van der Waals surface area contributed by atoms with Crippen LogP contribution in [-0.4, -0.2) is 29.2 Å². The largest absolute Gasteiger partial charge is 0.456 e. The molecule has 1 aliphatic rings. The minimum absolute atomic E-state index is 0.178. The summed E-state index contributed by atoms with van der Waals surface area (Å²) in [5.41, 5.74) is 4.91. The van der Waals surface area contributed by atoms with E-state index >= 15 is 0 Å². The van der Waals surface area contributed by atoms with Crippen molar-refractivity contribution in [3.63, 3.8) is 0 Å². The molecule has 1 aliphatic heterocycles. The van der Waals surface area contributed by atoms with Gasteiger partial charge in [0.1, 0.15) is 6.10 Å². The second kappa shape index (κ2) is 4.01. The van der Waals surface area contributed by atoms with Crippen molar-refractivity contribution in [2.45, 2.75) is 32.3 Å². The third-order valence-electron chi connectivity index (χ3n) is 2.80. The van der Waals surface area contributed by atoms with Crippen LogP contribution in [0.5, 0.6) is 0 Å². The Labute approximate surface area is 97.5 Å². The van der Waals surface area contributed by atoms with Crippen LogP contribution in [0.3, 0.4) is 0 Å². The molecule has 1 N–H and O–H groups in total. The maximum atomic E-state index is 12.9. The molecule has 0 saturated carbocycles. The quantitative estimate of drug-likeness (QED) is 0.821. The van der Waals surface area contributed by atoms with Crippen LogP contribution in [-0.2, 0) is 9.53 Å². The molecule has 17 heavy (non-hydrogen) atoms. The first-order valence-corrected chi connectivity index (χ1v) is 5.38. The molecular formula is C11H14F2N2O2. The molecule has 0 bridgehead atoms. The number of aryl methyl sites for hydroxylation is 2. The Balaban J connectivity index is 1.95. The molecule has 0 aromatic carbocycles. The Morgan fingerprint density at radius 3 is 2.53 bits per heavy atom. The third-order valence-corrected chi connectivity index (χ3v) is 2.80. The number of cyclic esters (lactones) is 1. The zero-order valence-electron chi connectivity index (χ0n) is 9.67. The highest BCUT2D eigenvalue weighted by Gasteiger charge is 2.50. The van der Waals surface area contributed by atoms with E-state index < -0.39 is 24.4 Å². The predicted octanol–water partition coefficient (Wildman–Crippen LogP) is 1.60. The van der Waals surface area contributed by atoms with Gasteiger partial charge >= 0.3 is 11.9 Å². The van der Waals surface area contributed by atoms with E-state index in [4.69, 9.17) is 0 Å². The molecule has 1 saturated heterocycles. The number of halogens is 2. The fourth-order valence-electron chi connectivity index (χ4n) is 1.87. The minimum Gasteiger partial charge on any atom is -0.456 e. The van der Waals surface area contributed by atoms with E-state index in [1.165, 1.54) is 0 Å². The number of esters is 1. The Morgan fingerprint density at radius 1 is 1.47 bits per heavy atom. The van der Waals surface area contributed by atoms with Crippen LogP contribution in [0.4, 0.5) is 8.78 Å². The summed E-state index contributed by atoms with van der Waals surface area (Å²) in [4.78, 5) is 10.8. The summed E-state index contributed by atoms with van der Waals surface area (Å²) in [6.07, 6.45) is -1.34. The maximum Gasteiger partial charge on any atom is 0.377 e. The van der Waals surface area contributed by atoms with E-state index in [9.17, 15) is 13.6 Å². The van der Waals surface area contributed by atoms with Crippen molar-refractivity contribution in [1.82, 2.24) is 4.68 Å². The van der Waals surface area contributed by atoms with Crippen LogP contribution in [0, 0.1) is 13.8 Å². The number of alkyl halides is 2. The summed E-state index contributed by atoms with van der Waals surface area (Å²) in [6.45, 7) is 3.97. The van der Waals surface area contributed by atoms with E-state index in [0.29, 0.717) is 0 Å². The number of ether oxygens (including phenoxy) is 1. The summed E-state index contributed by atoms with van der Waals surface area (Å²) in [7, 11) is 0. The van der Waals surface area contributed by atoms with E-state index in [1.54, 1.807) is 4.68 Å². The van der Waals surface area contributed by atoms with Gasteiger partial charge in [-0.3, -0.25) is 4.68 Å². The van der Waals surface area contributed by atoms with Crippen LogP contribution in [0.1, 0.15) is 17.8 Å². The van der Waals surface area contributed by atoms with Gasteiger partial charge in [0, 0.05) is 11.4 Å². The van der Waals surface area contributed by atoms with Crippen LogP contribution in [0.2, 0.25) is 0 Å².